The molecule has 0 aliphatic carbocycles. The monoisotopic (exact) mass is 372 g/mol. The van der Waals surface area contributed by atoms with Crippen molar-refractivity contribution in [2.45, 2.75) is 18.7 Å². The molecular formula is C16H15F3N2O5. The maximum Gasteiger partial charge on any atom is 0.416 e. The standard InChI is InChI=1S/C16H15F3N2O5/c1-25-13(22)6-12-14(23)21-8-11(7-20-12)26-15(24)9-2-4-10(5-3-9)16(17,18)19/h2-5,11H,6-8H2,1H3,(H,21,23)/t11-/m0/s1. The first-order chi connectivity index (χ1) is 12.2. The molecule has 7 nitrogen and oxygen atoms in total. The zero-order valence-corrected chi connectivity index (χ0v) is 13.6. The molecule has 0 saturated carbocycles. The Morgan fingerprint density at radius 2 is 1.92 bits per heavy atom. The van der Waals surface area contributed by atoms with E-state index in [2.05, 4.69) is 15.0 Å². The summed E-state index contributed by atoms with van der Waals surface area (Å²) in [5.41, 5.74) is -0.995. The summed E-state index contributed by atoms with van der Waals surface area (Å²) in [6.45, 7) is -0.114. The molecule has 0 saturated heterocycles. The van der Waals surface area contributed by atoms with Gasteiger partial charge in [-0.25, -0.2) is 4.79 Å². The molecular weight excluding hydrogens is 357 g/mol. The highest BCUT2D eigenvalue weighted by Gasteiger charge is 2.30. The van der Waals surface area contributed by atoms with E-state index in [0.717, 1.165) is 24.3 Å². The molecule has 1 N–H and O–H groups in total. The van der Waals surface area contributed by atoms with E-state index in [0.29, 0.717) is 0 Å². The first-order valence-corrected chi connectivity index (χ1v) is 7.47. The molecule has 1 heterocycles. The average molecular weight is 372 g/mol. The lowest BCUT2D eigenvalue weighted by Gasteiger charge is -2.14. The quantitative estimate of drug-likeness (QED) is 0.806. The average Bonchev–Trinajstić information content (AvgIpc) is 2.77. The highest BCUT2D eigenvalue weighted by molar-refractivity contribution is 6.41. The molecule has 1 aromatic rings. The fourth-order valence-electron chi connectivity index (χ4n) is 2.10. The van der Waals surface area contributed by atoms with Crippen LogP contribution in [0, 0.1) is 0 Å². The Labute approximate surface area is 146 Å². The topological polar surface area (TPSA) is 94.1 Å². The minimum Gasteiger partial charge on any atom is -0.469 e. The van der Waals surface area contributed by atoms with Crippen LogP contribution in [0.3, 0.4) is 0 Å². The number of hydrogen-bond acceptors (Lipinski definition) is 6. The minimum atomic E-state index is -4.50. The molecule has 1 atom stereocenters. The van der Waals surface area contributed by atoms with E-state index in [-0.39, 0.29) is 30.8 Å². The van der Waals surface area contributed by atoms with Crippen molar-refractivity contribution >= 4 is 23.6 Å². The van der Waals surface area contributed by atoms with E-state index in [1.165, 1.54) is 7.11 Å². The molecule has 0 spiro atoms. The summed E-state index contributed by atoms with van der Waals surface area (Å²) in [7, 11) is 1.17. The number of esters is 2. The summed E-state index contributed by atoms with van der Waals surface area (Å²) in [6.07, 6.45) is -5.63. The summed E-state index contributed by atoms with van der Waals surface area (Å²) >= 11 is 0. The van der Waals surface area contributed by atoms with Gasteiger partial charge in [0, 0.05) is 0 Å². The Kier molecular flexibility index (Phi) is 5.96. The second kappa shape index (κ2) is 7.98. The van der Waals surface area contributed by atoms with Gasteiger partial charge >= 0.3 is 18.1 Å². The van der Waals surface area contributed by atoms with Crippen LogP contribution in [0.1, 0.15) is 22.3 Å². The molecule has 140 valence electrons. The largest absolute Gasteiger partial charge is 0.469 e. The van der Waals surface area contributed by atoms with Gasteiger partial charge in [0.05, 0.1) is 37.7 Å². The lowest BCUT2D eigenvalue weighted by atomic mass is 10.1. The lowest BCUT2D eigenvalue weighted by molar-refractivity contribution is -0.139. The van der Waals surface area contributed by atoms with Gasteiger partial charge in [0.1, 0.15) is 11.8 Å². The Hall–Kier alpha value is -2.91. The van der Waals surface area contributed by atoms with Crippen molar-refractivity contribution in [2.24, 2.45) is 4.99 Å². The van der Waals surface area contributed by atoms with Crippen LogP contribution in [-0.4, -0.2) is 49.9 Å². The van der Waals surface area contributed by atoms with Gasteiger partial charge < -0.3 is 14.8 Å². The lowest BCUT2D eigenvalue weighted by Crippen LogP contribution is -2.36. The van der Waals surface area contributed by atoms with Crippen LogP contribution >= 0.6 is 0 Å². The van der Waals surface area contributed by atoms with Crippen LogP contribution in [0.5, 0.6) is 0 Å². The second-order valence-electron chi connectivity index (χ2n) is 5.35. The summed E-state index contributed by atoms with van der Waals surface area (Å²) in [5, 5.41) is 2.46. The van der Waals surface area contributed by atoms with Crippen molar-refractivity contribution in [3.63, 3.8) is 0 Å². The van der Waals surface area contributed by atoms with E-state index in [4.69, 9.17) is 4.74 Å². The third-order valence-corrected chi connectivity index (χ3v) is 3.50. The second-order valence-corrected chi connectivity index (χ2v) is 5.35. The van der Waals surface area contributed by atoms with E-state index in [1.807, 2.05) is 0 Å². The highest BCUT2D eigenvalue weighted by Crippen LogP contribution is 2.29. The molecule has 0 aromatic heterocycles. The fraction of sp³-hybridized carbons (Fsp3) is 0.375. The molecule has 0 fully saturated rings. The van der Waals surface area contributed by atoms with Crippen LogP contribution in [0.4, 0.5) is 13.2 Å². The number of ether oxygens (including phenoxy) is 2. The zero-order valence-electron chi connectivity index (χ0n) is 13.6. The van der Waals surface area contributed by atoms with Crippen LogP contribution in [0.25, 0.3) is 0 Å². The number of amides is 1. The Balaban J connectivity index is 2.01. The van der Waals surface area contributed by atoms with Gasteiger partial charge in [-0.15, -0.1) is 0 Å². The zero-order chi connectivity index (χ0) is 19.3. The highest BCUT2D eigenvalue weighted by atomic mass is 19.4. The van der Waals surface area contributed by atoms with E-state index < -0.39 is 35.7 Å². The molecule has 0 unspecified atom stereocenters. The van der Waals surface area contributed by atoms with Crippen LogP contribution < -0.4 is 5.32 Å². The molecule has 1 aliphatic heterocycles. The molecule has 10 heteroatoms. The van der Waals surface area contributed by atoms with Gasteiger partial charge in [-0.3, -0.25) is 14.6 Å². The smallest absolute Gasteiger partial charge is 0.416 e. The fourth-order valence-corrected chi connectivity index (χ4v) is 2.10. The number of hydrogen-bond donors (Lipinski definition) is 1. The molecule has 26 heavy (non-hydrogen) atoms. The van der Waals surface area contributed by atoms with Crippen molar-refractivity contribution in [1.82, 2.24) is 5.32 Å². The maximum absolute atomic E-state index is 12.5. The Bertz CT molecular complexity index is 728. The van der Waals surface area contributed by atoms with E-state index >= 15 is 0 Å². The number of rotatable bonds is 4. The van der Waals surface area contributed by atoms with Crippen molar-refractivity contribution in [3.05, 3.63) is 35.4 Å². The molecule has 1 aliphatic rings. The summed E-state index contributed by atoms with van der Waals surface area (Å²) < 4.78 is 47.2. The first kappa shape index (κ1) is 19.4. The maximum atomic E-state index is 12.5. The van der Waals surface area contributed by atoms with Crippen molar-refractivity contribution in [3.8, 4) is 0 Å². The molecule has 1 aromatic carbocycles. The van der Waals surface area contributed by atoms with Crippen molar-refractivity contribution in [2.75, 3.05) is 20.2 Å². The van der Waals surface area contributed by atoms with Gasteiger partial charge in [0.15, 0.2) is 0 Å². The van der Waals surface area contributed by atoms with Gasteiger partial charge in [-0.05, 0) is 24.3 Å². The predicted octanol–water partition coefficient (Wildman–Crippen LogP) is 1.36. The minimum absolute atomic E-state index is 0.0423. The third-order valence-electron chi connectivity index (χ3n) is 3.50. The molecule has 2 rings (SSSR count). The number of nitrogens with zero attached hydrogens (tertiary/aromatic N) is 1. The molecule has 0 radical (unpaired) electrons. The number of aliphatic imine (C=N–C) groups is 1. The van der Waals surface area contributed by atoms with Gasteiger partial charge in [0.2, 0.25) is 0 Å². The predicted molar refractivity (Wildman–Crippen MR) is 82.6 cm³/mol. The summed E-state index contributed by atoms with van der Waals surface area (Å²) in [4.78, 5) is 39.0. The Morgan fingerprint density at radius 1 is 1.27 bits per heavy atom. The number of nitrogens with one attached hydrogen (secondary N) is 1. The van der Waals surface area contributed by atoms with Gasteiger partial charge in [0.25, 0.3) is 5.91 Å². The summed E-state index contributed by atoms with van der Waals surface area (Å²) in [5.74, 6) is -2.06. The number of alkyl halides is 3. The van der Waals surface area contributed by atoms with E-state index in [9.17, 15) is 27.6 Å². The van der Waals surface area contributed by atoms with Crippen LogP contribution in [0.2, 0.25) is 0 Å². The van der Waals surface area contributed by atoms with Gasteiger partial charge in [-0.1, -0.05) is 0 Å². The first-order valence-electron chi connectivity index (χ1n) is 7.47. The number of benzene rings is 1. The molecule has 1 amide bonds. The van der Waals surface area contributed by atoms with Crippen LogP contribution in [0.15, 0.2) is 29.3 Å². The number of carbonyl (C=O) groups is 3. The number of methoxy groups -OCH3 is 1. The SMILES string of the molecule is COC(=O)CC1=NC[C@H](OC(=O)c2ccc(C(F)(F)F)cc2)CNC1=O. The van der Waals surface area contributed by atoms with Crippen LogP contribution in [-0.2, 0) is 25.2 Å². The van der Waals surface area contributed by atoms with Crippen molar-refractivity contribution < 1.29 is 37.0 Å². The van der Waals surface area contributed by atoms with Gasteiger partial charge in [-0.2, -0.15) is 13.2 Å². The Morgan fingerprint density at radius 3 is 2.50 bits per heavy atom. The number of carbonyl (C=O) groups excluding carboxylic acids is 3. The van der Waals surface area contributed by atoms with E-state index in [1.54, 1.807) is 0 Å². The molecule has 0 bridgehead atoms. The third kappa shape index (κ3) is 5.04. The number of halogens is 3. The van der Waals surface area contributed by atoms with Crippen molar-refractivity contribution in [1.29, 1.82) is 0 Å². The normalized spacial score (nSPS) is 17.6. The summed E-state index contributed by atoms with van der Waals surface area (Å²) in [6, 6.07) is 3.56.